The number of aromatic amines is 1. The van der Waals surface area contributed by atoms with Crippen molar-refractivity contribution in [1.29, 1.82) is 0 Å². The van der Waals surface area contributed by atoms with Gasteiger partial charge in [-0.1, -0.05) is 6.42 Å². The first-order valence-corrected chi connectivity index (χ1v) is 4.48. The molecule has 0 amide bonds. The van der Waals surface area contributed by atoms with Crippen LogP contribution in [0.2, 0.25) is 0 Å². The van der Waals surface area contributed by atoms with E-state index in [1.54, 1.807) is 7.05 Å². The van der Waals surface area contributed by atoms with E-state index >= 15 is 0 Å². The minimum Gasteiger partial charge on any atom is -0.309 e. The third-order valence-electron chi connectivity index (χ3n) is 2.81. The normalized spacial score (nSPS) is 17.0. The lowest BCUT2D eigenvalue weighted by atomic mass is 9.82. The summed E-state index contributed by atoms with van der Waals surface area (Å²) in [4.78, 5) is 24.7. The Hall–Kier alpha value is -1.32. The highest BCUT2D eigenvalue weighted by Crippen LogP contribution is 2.35. The van der Waals surface area contributed by atoms with Gasteiger partial charge in [-0.2, -0.15) is 0 Å². The summed E-state index contributed by atoms with van der Waals surface area (Å²) >= 11 is 0. The predicted octanol–water partition coefficient (Wildman–Crippen LogP) is 0.793. The number of hydrogen-bond acceptors (Lipinski definition) is 2. The molecule has 0 saturated heterocycles. The number of hydrogen-bond donors (Lipinski definition) is 1. The Balaban J connectivity index is 2.49. The summed E-state index contributed by atoms with van der Waals surface area (Å²) in [7, 11) is 1.62. The third kappa shape index (κ3) is 1.13. The van der Waals surface area contributed by atoms with Gasteiger partial charge in [0, 0.05) is 18.7 Å². The molecule has 1 aromatic rings. The zero-order chi connectivity index (χ0) is 9.42. The van der Waals surface area contributed by atoms with E-state index in [1.165, 1.54) is 11.0 Å². The highest BCUT2D eigenvalue weighted by Gasteiger charge is 2.25. The summed E-state index contributed by atoms with van der Waals surface area (Å²) in [6.45, 7) is 0. The Kier molecular flexibility index (Phi) is 1.83. The van der Waals surface area contributed by atoms with Crippen LogP contribution in [0.5, 0.6) is 0 Å². The van der Waals surface area contributed by atoms with Crippen molar-refractivity contribution in [3.05, 3.63) is 21.9 Å². The molecular weight excluding hydrogens is 168 g/mol. The molecule has 0 bridgehead atoms. The quantitative estimate of drug-likeness (QED) is 0.684. The van der Waals surface area contributed by atoms with Gasteiger partial charge in [-0.05, 0) is 12.8 Å². The van der Waals surface area contributed by atoms with E-state index in [1.807, 2.05) is 0 Å². The van der Waals surface area contributed by atoms with Gasteiger partial charge in [-0.25, -0.2) is 4.79 Å². The molecule has 1 aliphatic rings. The van der Waals surface area contributed by atoms with E-state index in [0.717, 1.165) is 24.8 Å². The Labute approximate surface area is 75.6 Å². The first kappa shape index (κ1) is 8.29. The number of nitrogens with one attached hydrogen (secondary N) is 1. The first-order valence-electron chi connectivity index (χ1n) is 4.48. The average molecular weight is 180 g/mol. The van der Waals surface area contributed by atoms with Crippen LogP contribution in [-0.4, -0.2) is 15.8 Å². The van der Waals surface area contributed by atoms with Crippen LogP contribution in [0.25, 0.3) is 0 Å². The molecule has 1 aromatic heterocycles. The van der Waals surface area contributed by atoms with Crippen molar-refractivity contribution >= 4 is 6.29 Å². The van der Waals surface area contributed by atoms with Gasteiger partial charge in [-0.3, -0.25) is 9.36 Å². The van der Waals surface area contributed by atoms with Crippen LogP contribution in [0.1, 0.15) is 41.4 Å². The molecule has 4 nitrogen and oxygen atoms in total. The van der Waals surface area contributed by atoms with Gasteiger partial charge < -0.3 is 4.98 Å². The van der Waals surface area contributed by atoms with E-state index in [0.29, 0.717) is 11.6 Å². The van der Waals surface area contributed by atoms with Crippen molar-refractivity contribution in [2.75, 3.05) is 0 Å². The maximum absolute atomic E-state index is 11.2. The standard InChI is InChI=1S/C9H12N2O2/c1-11-7(5-12)8(10-9(11)13)6-3-2-4-6/h5-6H,2-4H2,1H3,(H,10,13). The van der Waals surface area contributed by atoms with Crippen LogP contribution in [-0.2, 0) is 7.05 Å². The van der Waals surface area contributed by atoms with Gasteiger partial charge in [0.05, 0.1) is 0 Å². The van der Waals surface area contributed by atoms with E-state index in [4.69, 9.17) is 0 Å². The van der Waals surface area contributed by atoms with Crippen molar-refractivity contribution in [3.8, 4) is 0 Å². The molecule has 1 aliphatic carbocycles. The van der Waals surface area contributed by atoms with Crippen LogP contribution < -0.4 is 5.69 Å². The molecule has 13 heavy (non-hydrogen) atoms. The molecule has 1 N–H and O–H groups in total. The number of H-pyrrole nitrogens is 1. The zero-order valence-corrected chi connectivity index (χ0v) is 7.54. The fourth-order valence-electron chi connectivity index (χ4n) is 1.70. The van der Waals surface area contributed by atoms with Crippen LogP contribution in [0.4, 0.5) is 0 Å². The van der Waals surface area contributed by atoms with Crippen molar-refractivity contribution in [2.45, 2.75) is 25.2 Å². The van der Waals surface area contributed by atoms with Crippen molar-refractivity contribution in [2.24, 2.45) is 7.05 Å². The number of nitrogens with zero attached hydrogens (tertiary/aromatic N) is 1. The molecule has 0 aromatic carbocycles. The summed E-state index contributed by atoms with van der Waals surface area (Å²) in [5.74, 6) is 0.397. The summed E-state index contributed by atoms with van der Waals surface area (Å²) in [5, 5.41) is 0. The molecule has 0 spiro atoms. The maximum Gasteiger partial charge on any atom is 0.326 e. The van der Waals surface area contributed by atoms with E-state index in [-0.39, 0.29) is 5.69 Å². The highest BCUT2D eigenvalue weighted by molar-refractivity contribution is 5.74. The molecule has 1 heterocycles. The third-order valence-corrected chi connectivity index (χ3v) is 2.81. The Morgan fingerprint density at radius 1 is 1.54 bits per heavy atom. The van der Waals surface area contributed by atoms with Crippen LogP contribution >= 0.6 is 0 Å². The van der Waals surface area contributed by atoms with E-state index < -0.39 is 0 Å². The number of imidazole rings is 1. The van der Waals surface area contributed by atoms with Crippen LogP contribution in [0.15, 0.2) is 4.79 Å². The van der Waals surface area contributed by atoms with E-state index in [2.05, 4.69) is 4.98 Å². The fourth-order valence-corrected chi connectivity index (χ4v) is 1.70. The van der Waals surface area contributed by atoms with Gasteiger partial charge in [0.2, 0.25) is 0 Å². The number of carbonyl (C=O) groups is 1. The Morgan fingerprint density at radius 2 is 2.23 bits per heavy atom. The lowest BCUT2D eigenvalue weighted by Crippen LogP contribution is -2.14. The lowest BCUT2D eigenvalue weighted by molar-refractivity contribution is 0.111. The monoisotopic (exact) mass is 180 g/mol. The second kappa shape index (κ2) is 2.87. The second-order valence-corrected chi connectivity index (χ2v) is 3.53. The summed E-state index contributed by atoms with van der Waals surface area (Å²) in [6, 6.07) is 0. The average Bonchev–Trinajstić information content (AvgIpc) is 2.25. The largest absolute Gasteiger partial charge is 0.326 e. The van der Waals surface area contributed by atoms with Crippen molar-refractivity contribution in [1.82, 2.24) is 9.55 Å². The summed E-state index contributed by atoms with van der Waals surface area (Å²) in [5.41, 5.74) is 1.15. The Bertz CT molecular complexity index is 385. The molecular formula is C9H12N2O2. The van der Waals surface area contributed by atoms with Crippen LogP contribution in [0.3, 0.4) is 0 Å². The van der Waals surface area contributed by atoms with Gasteiger partial charge in [0.1, 0.15) is 5.69 Å². The predicted molar refractivity (Wildman–Crippen MR) is 48.0 cm³/mol. The molecule has 1 saturated carbocycles. The number of aldehydes is 1. The molecule has 4 heteroatoms. The zero-order valence-electron chi connectivity index (χ0n) is 7.54. The number of aromatic nitrogens is 2. The van der Waals surface area contributed by atoms with Crippen molar-refractivity contribution in [3.63, 3.8) is 0 Å². The molecule has 0 aliphatic heterocycles. The number of rotatable bonds is 2. The Morgan fingerprint density at radius 3 is 2.69 bits per heavy atom. The first-order chi connectivity index (χ1) is 6.24. The second-order valence-electron chi connectivity index (χ2n) is 3.53. The smallest absolute Gasteiger partial charge is 0.309 e. The minimum atomic E-state index is -0.191. The number of carbonyl (C=O) groups excluding carboxylic acids is 1. The minimum absolute atomic E-state index is 0.191. The summed E-state index contributed by atoms with van der Waals surface area (Å²) in [6.07, 6.45) is 4.12. The molecule has 0 unspecified atom stereocenters. The lowest BCUT2D eigenvalue weighted by Gasteiger charge is -2.24. The fraction of sp³-hybridized carbons (Fsp3) is 0.556. The van der Waals surface area contributed by atoms with Gasteiger partial charge in [0.25, 0.3) is 0 Å². The maximum atomic E-state index is 11.2. The SMILES string of the molecule is Cn1c(C=O)c(C2CCC2)[nH]c1=O. The van der Waals surface area contributed by atoms with Gasteiger partial charge in [0.15, 0.2) is 6.29 Å². The topological polar surface area (TPSA) is 54.9 Å². The molecule has 0 radical (unpaired) electrons. The summed E-state index contributed by atoms with van der Waals surface area (Å²) < 4.78 is 1.38. The van der Waals surface area contributed by atoms with Crippen LogP contribution in [0, 0.1) is 0 Å². The van der Waals surface area contributed by atoms with Crippen molar-refractivity contribution < 1.29 is 4.79 Å². The molecule has 0 atom stereocenters. The van der Waals surface area contributed by atoms with Gasteiger partial charge in [-0.15, -0.1) is 0 Å². The molecule has 2 rings (SSSR count). The molecule has 70 valence electrons. The van der Waals surface area contributed by atoms with E-state index in [9.17, 15) is 9.59 Å². The molecule has 1 fully saturated rings. The van der Waals surface area contributed by atoms with Gasteiger partial charge >= 0.3 is 5.69 Å². The highest BCUT2D eigenvalue weighted by atomic mass is 16.1.